The number of aliphatic hydroxyl groups excluding tert-OH is 1. The number of allylic oxidation sites excluding steroid dienone is 3. The van der Waals surface area contributed by atoms with Crippen LogP contribution in [-0.4, -0.2) is 48.1 Å². The fourth-order valence-corrected chi connectivity index (χ4v) is 2.95. The summed E-state index contributed by atoms with van der Waals surface area (Å²) in [4.78, 5) is 12.5. The Balaban J connectivity index is 3.44. The van der Waals surface area contributed by atoms with Crippen LogP contribution in [0.4, 0.5) is 13.2 Å². The minimum Gasteiger partial charge on any atom is -0.483 e. The van der Waals surface area contributed by atoms with Crippen molar-refractivity contribution < 1.29 is 27.8 Å². The second-order valence-electron chi connectivity index (χ2n) is 6.24. The zero-order valence-corrected chi connectivity index (χ0v) is 17.1. The van der Waals surface area contributed by atoms with Crippen molar-refractivity contribution in [2.24, 2.45) is 0 Å². The van der Waals surface area contributed by atoms with Gasteiger partial charge >= 0.3 is 6.18 Å². The number of benzene rings is 1. The molecular weight excluding hydrogens is 391 g/mol. The lowest BCUT2D eigenvalue weighted by atomic mass is 10.0. The topological polar surface area (TPSA) is 49.8 Å². The Labute approximate surface area is 168 Å². The summed E-state index contributed by atoms with van der Waals surface area (Å²) in [5.74, 6) is 1.70. The molecule has 1 N–H and O–H groups in total. The first-order valence-electron chi connectivity index (χ1n) is 8.79. The van der Waals surface area contributed by atoms with Gasteiger partial charge in [0, 0.05) is 29.6 Å². The van der Waals surface area contributed by atoms with Gasteiger partial charge in [-0.2, -0.15) is 24.9 Å². The lowest BCUT2D eigenvalue weighted by Gasteiger charge is -2.18. The standard InChI is InChI=1S/C20H26F3NO3S/c1-4-28-12-16-5-6-19(27-13-20(21,22)23)18(10-16)17(9-15(2)3)11-24(14-26)7-8-25/h5-6,9-11,14,25H,4,7-8,12-13H2,1-3H3/b17-11+. The maximum Gasteiger partial charge on any atom is 0.422 e. The molecule has 8 heteroatoms. The second kappa shape index (κ2) is 11.8. The summed E-state index contributed by atoms with van der Waals surface area (Å²) in [6, 6.07) is 5.04. The molecule has 0 aliphatic rings. The van der Waals surface area contributed by atoms with Gasteiger partial charge in [-0.15, -0.1) is 0 Å². The summed E-state index contributed by atoms with van der Waals surface area (Å²) < 4.78 is 43.0. The number of carbonyl (C=O) groups excluding carboxylic acids is 1. The Morgan fingerprint density at radius 1 is 1.32 bits per heavy atom. The van der Waals surface area contributed by atoms with E-state index in [1.165, 1.54) is 17.2 Å². The Kier molecular flexibility index (Phi) is 10.2. The van der Waals surface area contributed by atoms with Gasteiger partial charge in [-0.1, -0.05) is 24.6 Å². The van der Waals surface area contributed by atoms with Gasteiger partial charge in [0.1, 0.15) is 5.75 Å². The fraction of sp³-hybridized carbons (Fsp3) is 0.450. The van der Waals surface area contributed by atoms with Crippen LogP contribution in [0.1, 0.15) is 31.9 Å². The van der Waals surface area contributed by atoms with E-state index in [4.69, 9.17) is 9.84 Å². The van der Waals surface area contributed by atoms with Crippen molar-refractivity contribution in [2.75, 3.05) is 25.5 Å². The Bertz CT molecular complexity index is 698. The molecule has 0 fully saturated rings. The third-order valence-electron chi connectivity index (χ3n) is 3.46. The number of ether oxygens (including phenoxy) is 1. The third-order valence-corrected chi connectivity index (χ3v) is 4.41. The van der Waals surface area contributed by atoms with E-state index in [2.05, 4.69) is 0 Å². The molecule has 1 aromatic rings. The molecule has 4 nitrogen and oxygen atoms in total. The minimum absolute atomic E-state index is 0.0771. The molecule has 0 saturated heterocycles. The normalized spacial score (nSPS) is 11.9. The zero-order valence-electron chi connectivity index (χ0n) is 16.3. The lowest BCUT2D eigenvalue weighted by Crippen LogP contribution is -2.20. The van der Waals surface area contributed by atoms with Gasteiger partial charge in [-0.25, -0.2) is 0 Å². The highest BCUT2D eigenvalue weighted by atomic mass is 32.2. The number of alkyl halides is 3. The summed E-state index contributed by atoms with van der Waals surface area (Å²) in [5.41, 5.74) is 2.83. The molecule has 1 aromatic carbocycles. The Hall–Kier alpha value is -1.93. The maximum atomic E-state index is 12.7. The van der Waals surface area contributed by atoms with Crippen LogP contribution in [0.5, 0.6) is 5.75 Å². The number of hydrogen-bond acceptors (Lipinski definition) is 4. The molecule has 0 heterocycles. The van der Waals surface area contributed by atoms with Gasteiger partial charge in [0.25, 0.3) is 0 Å². The number of aliphatic hydroxyl groups is 1. The summed E-state index contributed by atoms with van der Waals surface area (Å²) in [5, 5.41) is 9.11. The van der Waals surface area contributed by atoms with E-state index in [1.54, 1.807) is 30.0 Å². The van der Waals surface area contributed by atoms with Crippen molar-refractivity contribution in [1.29, 1.82) is 0 Å². The fourth-order valence-electron chi connectivity index (χ4n) is 2.34. The summed E-state index contributed by atoms with van der Waals surface area (Å²) in [6.07, 6.45) is -0.634. The van der Waals surface area contributed by atoms with Gasteiger partial charge < -0.3 is 14.7 Å². The SMILES string of the molecule is CCSCc1ccc(OCC(F)(F)F)c(/C(C=C(C)C)=C/N(C=O)CCO)c1. The van der Waals surface area contributed by atoms with Crippen LogP contribution in [0.25, 0.3) is 5.57 Å². The minimum atomic E-state index is -4.46. The highest BCUT2D eigenvalue weighted by molar-refractivity contribution is 7.98. The summed E-state index contributed by atoms with van der Waals surface area (Å²) in [6.45, 7) is 4.16. The molecule has 0 atom stereocenters. The predicted octanol–water partition coefficient (Wildman–Crippen LogP) is 4.64. The average Bonchev–Trinajstić information content (AvgIpc) is 2.62. The monoisotopic (exact) mass is 417 g/mol. The molecule has 0 bridgehead atoms. The van der Waals surface area contributed by atoms with E-state index < -0.39 is 12.8 Å². The molecule has 0 spiro atoms. The van der Waals surface area contributed by atoms with E-state index in [1.807, 2.05) is 20.8 Å². The first-order chi connectivity index (χ1) is 13.2. The molecule has 1 rings (SSSR count). The molecule has 0 saturated carbocycles. The number of hydrogen-bond donors (Lipinski definition) is 1. The van der Waals surface area contributed by atoms with Gasteiger partial charge in [-0.05, 0) is 37.3 Å². The summed E-state index contributed by atoms with van der Waals surface area (Å²) >= 11 is 1.69. The number of thioether (sulfide) groups is 1. The Morgan fingerprint density at radius 2 is 2.04 bits per heavy atom. The number of rotatable bonds is 11. The number of nitrogens with zero attached hydrogens (tertiary/aromatic N) is 1. The molecule has 0 aliphatic heterocycles. The smallest absolute Gasteiger partial charge is 0.422 e. The molecule has 0 radical (unpaired) electrons. The third kappa shape index (κ3) is 8.84. The largest absolute Gasteiger partial charge is 0.483 e. The van der Waals surface area contributed by atoms with Gasteiger partial charge in [-0.3, -0.25) is 4.79 Å². The first kappa shape index (κ1) is 24.1. The highest BCUT2D eigenvalue weighted by Gasteiger charge is 2.29. The van der Waals surface area contributed by atoms with Crippen molar-refractivity contribution in [3.63, 3.8) is 0 Å². The van der Waals surface area contributed by atoms with Crippen molar-refractivity contribution >= 4 is 23.7 Å². The Morgan fingerprint density at radius 3 is 2.57 bits per heavy atom. The van der Waals surface area contributed by atoms with Crippen LogP contribution < -0.4 is 4.74 Å². The highest BCUT2D eigenvalue weighted by Crippen LogP contribution is 2.32. The molecule has 156 valence electrons. The molecule has 0 unspecified atom stereocenters. The van der Waals surface area contributed by atoms with Gasteiger partial charge in [0.2, 0.25) is 6.41 Å². The van der Waals surface area contributed by atoms with Crippen molar-refractivity contribution in [3.8, 4) is 5.75 Å². The van der Waals surface area contributed by atoms with Crippen LogP contribution >= 0.6 is 11.8 Å². The molecule has 28 heavy (non-hydrogen) atoms. The van der Waals surface area contributed by atoms with Crippen LogP contribution in [0.3, 0.4) is 0 Å². The van der Waals surface area contributed by atoms with E-state index in [0.29, 0.717) is 23.3 Å². The molecular formula is C20H26F3NO3S. The lowest BCUT2D eigenvalue weighted by molar-refractivity contribution is -0.153. The zero-order chi connectivity index (χ0) is 21.2. The summed E-state index contributed by atoms with van der Waals surface area (Å²) in [7, 11) is 0. The van der Waals surface area contributed by atoms with Crippen LogP contribution in [0, 0.1) is 0 Å². The van der Waals surface area contributed by atoms with Crippen LogP contribution in [0.2, 0.25) is 0 Å². The number of amides is 1. The van der Waals surface area contributed by atoms with Gasteiger partial charge in [0.05, 0.1) is 6.61 Å². The quantitative estimate of drug-likeness (QED) is 0.421. The predicted molar refractivity (Wildman–Crippen MR) is 107 cm³/mol. The van der Waals surface area contributed by atoms with Crippen LogP contribution in [-0.2, 0) is 10.5 Å². The van der Waals surface area contributed by atoms with Crippen LogP contribution in [0.15, 0.2) is 36.0 Å². The van der Waals surface area contributed by atoms with Crippen molar-refractivity contribution in [1.82, 2.24) is 4.90 Å². The first-order valence-corrected chi connectivity index (χ1v) is 9.94. The van der Waals surface area contributed by atoms with E-state index >= 15 is 0 Å². The van der Waals surface area contributed by atoms with Gasteiger partial charge in [0.15, 0.2) is 6.61 Å². The number of carbonyl (C=O) groups is 1. The maximum absolute atomic E-state index is 12.7. The van der Waals surface area contributed by atoms with Crippen molar-refractivity contribution in [3.05, 3.63) is 47.2 Å². The average molecular weight is 417 g/mol. The number of halogens is 3. The van der Waals surface area contributed by atoms with E-state index in [0.717, 1.165) is 16.9 Å². The van der Waals surface area contributed by atoms with E-state index in [9.17, 15) is 18.0 Å². The molecule has 0 aliphatic carbocycles. The van der Waals surface area contributed by atoms with E-state index in [-0.39, 0.29) is 18.9 Å². The van der Waals surface area contributed by atoms with Crippen molar-refractivity contribution in [2.45, 2.75) is 32.7 Å². The second-order valence-corrected chi connectivity index (χ2v) is 7.52. The molecule has 1 amide bonds. The molecule has 0 aromatic heterocycles.